The highest BCUT2D eigenvalue weighted by Gasteiger charge is 2.60. The second kappa shape index (κ2) is 5.69. The first kappa shape index (κ1) is 16.5. The molecule has 134 valence electrons. The summed E-state index contributed by atoms with van der Waals surface area (Å²) in [6, 6.07) is 9.04. The Kier molecular flexibility index (Phi) is 3.76. The molecule has 0 unspecified atom stereocenters. The van der Waals surface area contributed by atoms with Gasteiger partial charge in [-0.15, -0.1) is 0 Å². The van der Waals surface area contributed by atoms with Gasteiger partial charge in [0.1, 0.15) is 5.54 Å². The Bertz CT molecular complexity index is 688. The van der Waals surface area contributed by atoms with Gasteiger partial charge in [0.05, 0.1) is 6.04 Å². The highest BCUT2D eigenvalue weighted by atomic mass is 127. The molecular formula is C21H27IN2O. The lowest BCUT2D eigenvalue weighted by Crippen LogP contribution is -2.79. The molecule has 4 bridgehead atoms. The topological polar surface area (TPSA) is 23.6 Å². The second-order valence-corrected chi connectivity index (χ2v) is 10.4. The minimum absolute atomic E-state index is 0.343. The third-order valence-electron chi connectivity index (χ3n) is 7.37. The van der Waals surface area contributed by atoms with E-state index < -0.39 is 0 Å². The lowest BCUT2D eigenvalue weighted by Gasteiger charge is -2.65. The Morgan fingerprint density at radius 2 is 1.64 bits per heavy atom. The van der Waals surface area contributed by atoms with Crippen LogP contribution in [0.4, 0.5) is 0 Å². The number of carbonyl (C=O) groups excluding carboxylic acids is 1. The zero-order valence-corrected chi connectivity index (χ0v) is 17.3. The summed E-state index contributed by atoms with van der Waals surface area (Å²) in [5, 5.41) is 4.58. The first-order chi connectivity index (χ1) is 11.9. The van der Waals surface area contributed by atoms with Crippen LogP contribution in [0.1, 0.15) is 51.5 Å². The molecule has 1 aromatic rings. The quantitative estimate of drug-likeness (QED) is 0.636. The summed E-state index contributed by atoms with van der Waals surface area (Å²) in [4.78, 5) is 13.1. The molecule has 0 atom stereocenters. The molecule has 4 saturated carbocycles. The summed E-state index contributed by atoms with van der Waals surface area (Å²) < 4.78 is 1.29. The predicted molar refractivity (Wildman–Crippen MR) is 106 cm³/mol. The van der Waals surface area contributed by atoms with Crippen molar-refractivity contribution in [2.24, 2.45) is 23.7 Å². The van der Waals surface area contributed by atoms with Crippen LogP contribution in [0, 0.1) is 27.2 Å². The molecule has 25 heavy (non-hydrogen) atoms. The average Bonchev–Trinajstić information content (AvgIpc) is 2.57. The predicted octanol–water partition coefficient (Wildman–Crippen LogP) is 4.45. The van der Waals surface area contributed by atoms with E-state index in [-0.39, 0.29) is 5.54 Å². The van der Waals surface area contributed by atoms with Gasteiger partial charge in [-0.2, -0.15) is 5.01 Å². The zero-order valence-electron chi connectivity index (χ0n) is 15.1. The fourth-order valence-corrected chi connectivity index (χ4v) is 6.94. The highest BCUT2D eigenvalue weighted by molar-refractivity contribution is 14.1. The van der Waals surface area contributed by atoms with Gasteiger partial charge in [0.2, 0.25) is 0 Å². The second-order valence-electron chi connectivity index (χ2n) is 9.28. The largest absolute Gasteiger partial charge is 0.271 e. The van der Waals surface area contributed by atoms with Crippen LogP contribution in [0.3, 0.4) is 0 Å². The molecule has 1 heterocycles. The summed E-state index contributed by atoms with van der Waals surface area (Å²) in [6.45, 7) is 5.04. The third-order valence-corrected chi connectivity index (χ3v) is 8.43. The molecule has 1 aromatic carbocycles. The van der Waals surface area contributed by atoms with Gasteiger partial charge in [-0.3, -0.25) is 9.80 Å². The minimum atomic E-state index is -0.367. The molecule has 3 nitrogen and oxygen atoms in total. The first-order valence-electron chi connectivity index (χ1n) is 9.79. The van der Waals surface area contributed by atoms with Gasteiger partial charge in [0.25, 0.3) is 5.91 Å². The molecule has 4 aliphatic carbocycles. The number of rotatable bonds is 3. The summed E-state index contributed by atoms with van der Waals surface area (Å²) in [5.74, 6) is 3.73. The summed E-state index contributed by atoms with van der Waals surface area (Å²) in [6.07, 6.45) is 6.90. The fraction of sp³-hybridized carbons (Fsp3) is 0.667. The van der Waals surface area contributed by atoms with Crippen molar-refractivity contribution in [3.8, 4) is 0 Å². The number of nitrogens with zero attached hydrogens (tertiary/aromatic N) is 2. The molecule has 1 amide bonds. The van der Waals surface area contributed by atoms with E-state index in [1.807, 2.05) is 0 Å². The van der Waals surface area contributed by atoms with E-state index in [1.54, 1.807) is 0 Å². The number of benzene rings is 1. The Hall–Kier alpha value is -0.620. The molecule has 5 fully saturated rings. The molecule has 0 aromatic heterocycles. The van der Waals surface area contributed by atoms with Crippen molar-refractivity contribution in [2.45, 2.75) is 64.1 Å². The summed E-state index contributed by atoms with van der Waals surface area (Å²) in [5.41, 5.74) is 0.964. The maximum atomic E-state index is 13.1. The van der Waals surface area contributed by atoms with E-state index in [0.717, 1.165) is 30.2 Å². The smallest absolute Gasteiger partial charge is 0.258 e. The van der Waals surface area contributed by atoms with Gasteiger partial charge >= 0.3 is 0 Å². The number of hydrogen-bond donors (Lipinski definition) is 0. The molecule has 1 aliphatic heterocycles. The number of carbonyl (C=O) groups is 1. The van der Waals surface area contributed by atoms with Crippen LogP contribution in [0.25, 0.3) is 0 Å². The molecule has 1 saturated heterocycles. The Morgan fingerprint density at radius 3 is 2.24 bits per heavy atom. The van der Waals surface area contributed by atoms with Crippen molar-refractivity contribution in [3.05, 3.63) is 33.4 Å². The van der Waals surface area contributed by atoms with Crippen molar-refractivity contribution in [3.63, 3.8) is 0 Å². The lowest BCUT2D eigenvalue weighted by molar-refractivity contribution is -0.251. The normalized spacial score (nSPS) is 38.9. The Balaban J connectivity index is 1.44. The van der Waals surface area contributed by atoms with Crippen LogP contribution >= 0.6 is 22.6 Å². The van der Waals surface area contributed by atoms with Crippen molar-refractivity contribution in [1.29, 1.82) is 0 Å². The standard InChI is InChI=1S/C21H27IN2O/c1-21(2)20(25)24(23(21)12-15-5-3-4-6-18(15)22)19-16-8-13-7-14(10-16)11-17(19)9-13/h3-6,13-14,16-17,19H,7-12H2,1-2H3. The maximum Gasteiger partial charge on any atom is 0.258 e. The molecule has 0 spiro atoms. The van der Waals surface area contributed by atoms with Crippen LogP contribution in [0.15, 0.2) is 24.3 Å². The van der Waals surface area contributed by atoms with Crippen LogP contribution in [-0.2, 0) is 11.3 Å². The summed E-state index contributed by atoms with van der Waals surface area (Å²) >= 11 is 2.42. The van der Waals surface area contributed by atoms with Crippen LogP contribution < -0.4 is 0 Å². The Morgan fingerprint density at radius 1 is 1.04 bits per heavy atom. The number of halogens is 1. The highest BCUT2D eigenvalue weighted by Crippen LogP contribution is 2.57. The van der Waals surface area contributed by atoms with E-state index in [9.17, 15) is 4.79 Å². The molecule has 4 heteroatoms. The monoisotopic (exact) mass is 450 g/mol. The van der Waals surface area contributed by atoms with Crippen LogP contribution in [0.2, 0.25) is 0 Å². The van der Waals surface area contributed by atoms with E-state index in [2.05, 4.69) is 70.7 Å². The van der Waals surface area contributed by atoms with Crippen LogP contribution in [0.5, 0.6) is 0 Å². The lowest BCUT2D eigenvalue weighted by atomic mass is 9.53. The zero-order chi connectivity index (χ0) is 17.3. The minimum Gasteiger partial charge on any atom is -0.271 e. The van der Waals surface area contributed by atoms with E-state index in [4.69, 9.17) is 0 Å². The van der Waals surface area contributed by atoms with Gasteiger partial charge < -0.3 is 0 Å². The SMILES string of the molecule is CC1(C)C(=O)N(C2C3CC4CC(C3)CC2C4)N1Cc1ccccc1I. The fourth-order valence-electron chi connectivity index (χ4n) is 6.38. The van der Waals surface area contributed by atoms with Gasteiger partial charge in [-0.25, -0.2) is 0 Å². The van der Waals surface area contributed by atoms with Crippen LogP contribution in [-0.4, -0.2) is 27.5 Å². The average molecular weight is 450 g/mol. The first-order valence-corrected chi connectivity index (χ1v) is 10.9. The Labute approximate surface area is 164 Å². The van der Waals surface area contributed by atoms with Crippen molar-refractivity contribution in [2.75, 3.05) is 0 Å². The van der Waals surface area contributed by atoms with Gasteiger partial charge in [-0.1, -0.05) is 18.2 Å². The van der Waals surface area contributed by atoms with Gasteiger partial charge in [0, 0.05) is 10.1 Å². The number of amides is 1. The van der Waals surface area contributed by atoms with Crippen molar-refractivity contribution < 1.29 is 4.79 Å². The van der Waals surface area contributed by atoms with Crippen molar-refractivity contribution >= 4 is 28.5 Å². The summed E-state index contributed by atoms with van der Waals surface area (Å²) in [7, 11) is 0. The van der Waals surface area contributed by atoms with Gasteiger partial charge in [0.15, 0.2) is 0 Å². The third kappa shape index (κ3) is 2.43. The molecule has 0 N–H and O–H groups in total. The molecule has 6 rings (SSSR count). The maximum absolute atomic E-state index is 13.1. The van der Waals surface area contributed by atoms with E-state index >= 15 is 0 Å². The van der Waals surface area contributed by atoms with E-state index in [1.165, 1.54) is 41.2 Å². The van der Waals surface area contributed by atoms with E-state index in [0.29, 0.717) is 11.9 Å². The molecule has 5 aliphatic rings. The van der Waals surface area contributed by atoms with Crippen molar-refractivity contribution in [1.82, 2.24) is 10.0 Å². The molecular weight excluding hydrogens is 423 g/mol. The number of hydrazine groups is 1. The van der Waals surface area contributed by atoms with Gasteiger partial charge in [-0.05, 0) is 104 Å². The number of hydrogen-bond acceptors (Lipinski definition) is 2. The molecule has 0 radical (unpaired) electrons.